The van der Waals surface area contributed by atoms with Crippen molar-refractivity contribution < 1.29 is 9.53 Å². The number of benzene rings is 1. The van der Waals surface area contributed by atoms with Crippen molar-refractivity contribution in [2.75, 3.05) is 50.8 Å². The molecule has 3 fully saturated rings. The molecule has 0 atom stereocenters. The van der Waals surface area contributed by atoms with Gasteiger partial charge in [-0.1, -0.05) is 24.3 Å². The average molecular weight is 516 g/mol. The smallest absolute Gasteiger partial charge is 0.225 e. The SMILES string of the molecule is CCOC1(c2ccc(-c3cc4c(N5CCN(C(=O)C6CC6)CC5)ccnn4c3)cc2)CCN(C(C)C)CC1. The van der Waals surface area contributed by atoms with Crippen molar-refractivity contribution in [3.8, 4) is 11.1 Å². The molecular weight excluding hydrogens is 474 g/mol. The highest BCUT2D eigenvalue weighted by Crippen LogP contribution is 2.39. The predicted octanol–water partition coefficient (Wildman–Crippen LogP) is 4.80. The van der Waals surface area contributed by atoms with Crippen molar-refractivity contribution in [3.05, 3.63) is 54.4 Å². The van der Waals surface area contributed by atoms with Gasteiger partial charge in [0.1, 0.15) is 0 Å². The van der Waals surface area contributed by atoms with E-state index in [1.54, 1.807) is 0 Å². The van der Waals surface area contributed by atoms with Crippen LogP contribution in [0.1, 0.15) is 52.0 Å². The number of aromatic nitrogens is 2. The van der Waals surface area contributed by atoms with Gasteiger partial charge in [-0.05, 0) is 69.7 Å². The molecule has 1 saturated carbocycles. The third kappa shape index (κ3) is 4.82. The van der Waals surface area contributed by atoms with Gasteiger partial charge in [-0.25, -0.2) is 4.52 Å². The summed E-state index contributed by atoms with van der Waals surface area (Å²) in [6.07, 6.45) is 8.21. The number of hydrogen-bond donors (Lipinski definition) is 0. The predicted molar refractivity (Wildman–Crippen MR) is 151 cm³/mol. The van der Waals surface area contributed by atoms with Gasteiger partial charge >= 0.3 is 0 Å². The zero-order valence-corrected chi connectivity index (χ0v) is 23.1. The van der Waals surface area contributed by atoms with Crippen LogP contribution in [0.15, 0.2) is 48.8 Å². The lowest BCUT2D eigenvalue weighted by molar-refractivity contribution is -0.132. The Morgan fingerprint density at radius 1 is 1.00 bits per heavy atom. The number of carbonyl (C=O) groups is 1. The van der Waals surface area contributed by atoms with Crippen molar-refractivity contribution >= 4 is 17.1 Å². The van der Waals surface area contributed by atoms with E-state index in [1.807, 2.05) is 10.7 Å². The Balaban J connectivity index is 1.20. The lowest BCUT2D eigenvalue weighted by Crippen LogP contribution is -2.49. The van der Waals surface area contributed by atoms with E-state index >= 15 is 0 Å². The van der Waals surface area contributed by atoms with Crippen molar-refractivity contribution in [3.63, 3.8) is 0 Å². The number of amides is 1. The number of rotatable bonds is 7. The summed E-state index contributed by atoms with van der Waals surface area (Å²) < 4.78 is 8.42. The van der Waals surface area contributed by atoms with Gasteiger partial charge in [-0.2, -0.15) is 5.10 Å². The highest BCUT2D eigenvalue weighted by Gasteiger charge is 2.37. The molecule has 1 amide bonds. The molecule has 1 aromatic carbocycles. The number of fused-ring (bicyclic) bond motifs is 1. The number of nitrogens with zero attached hydrogens (tertiary/aromatic N) is 5. The molecular formula is C31H41N5O2. The minimum Gasteiger partial charge on any atom is -0.370 e. The summed E-state index contributed by atoms with van der Waals surface area (Å²) in [7, 11) is 0. The number of carbonyl (C=O) groups excluding carboxylic acids is 1. The Morgan fingerprint density at radius 3 is 2.34 bits per heavy atom. The first-order valence-electron chi connectivity index (χ1n) is 14.5. The van der Waals surface area contributed by atoms with E-state index in [1.165, 1.54) is 22.4 Å². The highest BCUT2D eigenvalue weighted by atomic mass is 16.5. The Bertz CT molecular complexity index is 1260. The van der Waals surface area contributed by atoms with Gasteiger partial charge in [-0.3, -0.25) is 4.79 Å². The third-order valence-electron chi connectivity index (χ3n) is 8.85. The molecule has 3 aromatic rings. The molecule has 202 valence electrons. The number of likely N-dealkylation sites (tertiary alicyclic amines) is 1. The minimum absolute atomic E-state index is 0.193. The molecule has 38 heavy (non-hydrogen) atoms. The van der Waals surface area contributed by atoms with E-state index < -0.39 is 0 Å². The van der Waals surface area contributed by atoms with E-state index in [0.29, 0.717) is 17.9 Å². The molecule has 7 nitrogen and oxygen atoms in total. The molecule has 0 radical (unpaired) electrons. The van der Waals surface area contributed by atoms with Gasteiger partial charge < -0.3 is 19.4 Å². The molecule has 4 heterocycles. The zero-order chi connectivity index (χ0) is 26.3. The summed E-state index contributed by atoms with van der Waals surface area (Å²) in [5, 5.41) is 4.61. The monoisotopic (exact) mass is 515 g/mol. The molecule has 2 aliphatic heterocycles. The second kappa shape index (κ2) is 10.3. The summed E-state index contributed by atoms with van der Waals surface area (Å²) in [5.74, 6) is 0.652. The minimum atomic E-state index is -0.193. The van der Waals surface area contributed by atoms with Crippen molar-refractivity contribution in [1.82, 2.24) is 19.4 Å². The van der Waals surface area contributed by atoms with Gasteiger partial charge in [0.2, 0.25) is 5.91 Å². The van der Waals surface area contributed by atoms with Gasteiger partial charge in [0.15, 0.2) is 0 Å². The molecule has 1 aliphatic carbocycles. The highest BCUT2D eigenvalue weighted by molar-refractivity contribution is 5.82. The fourth-order valence-electron chi connectivity index (χ4n) is 6.34. The standard InChI is InChI=1S/C31H41N5O2/c1-4-38-31(12-15-33(16-13-31)23(2)3)27-9-7-24(8-10-27)26-21-29-28(11-14-32-36(29)22-26)34-17-19-35(20-18-34)30(37)25-5-6-25/h7-11,14,21-23,25H,4-6,12-13,15-20H2,1-3H3. The van der Waals surface area contributed by atoms with Crippen LogP contribution in [0.4, 0.5) is 5.69 Å². The molecule has 0 bridgehead atoms. The fourth-order valence-corrected chi connectivity index (χ4v) is 6.34. The molecule has 2 aromatic heterocycles. The first-order chi connectivity index (χ1) is 18.5. The van der Waals surface area contributed by atoms with Crippen LogP contribution in [0.3, 0.4) is 0 Å². The first kappa shape index (κ1) is 25.4. The molecule has 0 unspecified atom stereocenters. The number of ether oxygens (including phenoxy) is 1. The molecule has 0 spiro atoms. The quantitative estimate of drug-likeness (QED) is 0.453. The number of anilines is 1. The maximum absolute atomic E-state index is 12.5. The van der Waals surface area contributed by atoms with E-state index in [2.05, 4.69) is 83.2 Å². The van der Waals surface area contributed by atoms with Crippen molar-refractivity contribution in [1.29, 1.82) is 0 Å². The van der Waals surface area contributed by atoms with Crippen LogP contribution in [0.2, 0.25) is 0 Å². The van der Waals surface area contributed by atoms with Crippen LogP contribution in [0, 0.1) is 5.92 Å². The van der Waals surface area contributed by atoms with Crippen LogP contribution in [-0.2, 0) is 15.1 Å². The van der Waals surface area contributed by atoms with Crippen molar-refractivity contribution in [2.24, 2.45) is 5.92 Å². The van der Waals surface area contributed by atoms with Crippen LogP contribution in [-0.4, -0.2) is 77.2 Å². The van der Waals surface area contributed by atoms with E-state index in [4.69, 9.17) is 4.74 Å². The van der Waals surface area contributed by atoms with Crippen LogP contribution in [0.5, 0.6) is 0 Å². The summed E-state index contributed by atoms with van der Waals surface area (Å²) in [5.41, 5.74) is 5.75. The molecule has 0 N–H and O–H groups in total. The maximum Gasteiger partial charge on any atom is 0.225 e. The topological polar surface area (TPSA) is 53.3 Å². The van der Waals surface area contributed by atoms with Gasteiger partial charge in [0, 0.05) is 75.8 Å². The first-order valence-corrected chi connectivity index (χ1v) is 14.5. The van der Waals surface area contributed by atoms with E-state index in [0.717, 1.165) is 77.1 Å². The summed E-state index contributed by atoms with van der Waals surface area (Å²) in [6.45, 7) is 12.9. The van der Waals surface area contributed by atoms with Gasteiger partial charge in [-0.15, -0.1) is 0 Å². The van der Waals surface area contributed by atoms with Crippen molar-refractivity contribution in [2.45, 2.75) is 58.1 Å². The van der Waals surface area contributed by atoms with Crippen LogP contribution < -0.4 is 4.90 Å². The molecule has 3 aliphatic rings. The Labute approximate surface area is 226 Å². The largest absolute Gasteiger partial charge is 0.370 e. The maximum atomic E-state index is 12.5. The third-order valence-corrected chi connectivity index (χ3v) is 8.85. The van der Waals surface area contributed by atoms with Crippen LogP contribution in [0.25, 0.3) is 16.6 Å². The van der Waals surface area contributed by atoms with Gasteiger partial charge in [0.05, 0.1) is 16.8 Å². The number of piperazine rings is 1. The van der Waals surface area contributed by atoms with E-state index in [-0.39, 0.29) is 5.60 Å². The second-order valence-corrected chi connectivity index (χ2v) is 11.5. The summed E-state index contributed by atoms with van der Waals surface area (Å²) in [6, 6.07) is 13.9. The average Bonchev–Trinajstić information content (AvgIpc) is 3.71. The lowest BCUT2D eigenvalue weighted by atomic mass is 9.83. The number of hydrogen-bond acceptors (Lipinski definition) is 5. The molecule has 7 heteroatoms. The summed E-state index contributed by atoms with van der Waals surface area (Å²) >= 11 is 0. The summed E-state index contributed by atoms with van der Waals surface area (Å²) in [4.78, 5) is 19.5. The normalized spacial score (nSPS) is 20.4. The van der Waals surface area contributed by atoms with E-state index in [9.17, 15) is 4.79 Å². The van der Waals surface area contributed by atoms with Crippen LogP contribution >= 0.6 is 0 Å². The Morgan fingerprint density at radius 2 is 1.71 bits per heavy atom. The number of piperidine rings is 1. The molecule has 6 rings (SSSR count). The lowest BCUT2D eigenvalue weighted by Gasteiger charge is -2.43. The van der Waals surface area contributed by atoms with Gasteiger partial charge in [0.25, 0.3) is 0 Å². The zero-order valence-electron chi connectivity index (χ0n) is 23.1. The molecule has 2 saturated heterocycles. The fraction of sp³-hybridized carbons (Fsp3) is 0.548. The Kier molecular flexibility index (Phi) is 6.91. The Hall–Kier alpha value is -2.90. The second-order valence-electron chi connectivity index (χ2n) is 11.5.